The van der Waals surface area contributed by atoms with Gasteiger partial charge in [0.05, 0.1) is 18.2 Å². The number of rotatable bonds is 5. The van der Waals surface area contributed by atoms with Crippen molar-refractivity contribution < 1.29 is 5.11 Å². The Hall–Kier alpha value is -2.31. The second-order valence-electron chi connectivity index (χ2n) is 6.71. The van der Waals surface area contributed by atoms with Gasteiger partial charge in [-0.15, -0.1) is 0 Å². The third kappa shape index (κ3) is 3.41. The van der Waals surface area contributed by atoms with Gasteiger partial charge in [0.2, 0.25) is 0 Å². The molecule has 1 aromatic carbocycles. The number of aromatic nitrogens is 4. The standard InChI is InChI=1S/C19H23N5O/c1-2-24-19(20-13-21-24)12-23-10-15(18(25)11-23)9-16-8-7-14-5-3-4-6-17(14)22-16/h3-8,13,15,18,25H,2,9-12H2,1H3/t15-,18-/m1/s1. The molecule has 3 heterocycles. The third-order valence-corrected chi connectivity index (χ3v) is 4.97. The van der Waals surface area contributed by atoms with Crippen molar-refractivity contribution in [3.05, 3.63) is 54.2 Å². The predicted octanol–water partition coefficient (Wildman–Crippen LogP) is 1.88. The number of nitrogens with zero attached hydrogens (tertiary/aromatic N) is 5. The molecule has 1 saturated heterocycles. The molecule has 6 nitrogen and oxygen atoms in total. The molecular formula is C19H23N5O. The minimum atomic E-state index is -0.328. The third-order valence-electron chi connectivity index (χ3n) is 4.97. The van der Waals surface area contributed by atoms with Crippen LogP contribution in [0.1, 0.15) is 18.4 Å². The number of hydrogen-bond acceptors (Lipinski definition) is 5. The van der Waals surface area contributed by atoms with Crippen LogP contribution in [0.3, 0.4) is 0 Å². The first-order valence-electron chi connectivity index (χ1n) is 8.84. The summed E-state index contributed by atoms with van der Waals surface area (Å²) < 4.78 is 1.91. The summed E-state index contributed by atoms with van der Waals surface area (Å²) in [6.07, 6.45) is 2.07. The van der Waals surface area contributed by atoms with Crippen LogP contribution in [0.2, 0.25) is 0 Å². The van der Waals surface area contributed by atoms with Gasteiger partial charge >= 0.3 is 0 Å². The molecular weight excluding hydrogens is 314 g/mol. The van der Waals surface area contributed by atoms with Crippen LogP contribution in [0.15, 0.2) is 42.7 Å². The lowest BCUT2D eigenvalue weighted by molar-refractivity contribution is 0.140. The number of hydrogen-bond donors (Lipinski definition) is 1. The smallest absolute Gasteiger partial charge is 0.140 e. The molecule has 1 fully saturated rings. The summed E-state index contributed by atoms with van der Waals surface area (Å²) in [5.74, 6) is 1.16. The summed E-state index contributed by atoms with van der Waals surface area (Å²) in [6, 6.07) is 12.3. The van der Waals surface area contributed by atoms with E-state index in [9.17, 15) is 5.11 Å². The number of likely N-dealkylation sites (tertiary alicyclic amines) is 1. The maximum absolute atomic E-state index is 10.5. The first-order valence-corrected chi connectivity index (χ1v) is 8.84. The number of benzene rings is 1. The summed E-state index contributed by atoms with van der Waals surface area (Å²) in [5.41, 5.74) is 2.06. The molecule has 2 atom stereocenters. The van der Waals surface area contributed by atoms with E-state index in [1.807, 2.05) is 22.9 Å². The SMILES string of the molecule is CCn1ncnc1CN1C[C@@H](Cc2ccc3ccccc3n2)[C@H](O)C1. The average Bonchev–Trinajstić information content (AvgIpc) is 3.21. The summed E-state index contributed by atoms with van der Waals surface area (Å²) in [5, 5.41) is 15.8. The normalized spacial score (nSPS) is 21.2. The fourth-order valence-corrected chi connectivity index (χ4v) is 3.64. The van der Waals surface area contributed by atoms with E-state index in [4.69, 9.17) is 4.98 Å². The van der Waals surface area contributed by atoms with Crippen molar-refractivity contribution in [3.8, 4) is 0 Å². The van der Waals surface area contributed by atoms with E-state index < -0.39 is 0 Å². The fraction of sp³-hybridized carbons (Fsp3) is 0.421. The highest BCUT2D eigenvalue weighted by Crippen LogP contribution is 2.23. The molecule has 1 aliphatic heterocycles. The van der Waals surface area contributed by atoms with Gasteiger partial charge in [-0.05, 0) is 25.5 Å². The Morgan fingerprint density at radius 2 is 2.04 bits per heavy atom. The van der Waals surface area contributed by atoms with Gasteiger partial charge in [-0.1, -0.05) is 24.3 Å². The molecule has 0 unspecified atom stereocenters. The largest absolute Gasteiger partial charge is 0.391 e. The van der Waals surface area contributed by atoms with Crippen LogP contribution < -0.4 is 0 Å². The molecule has 0 radical (unpaired) electrons. The van der Waals surface area contributed by atoms with Crippen molar-refractivity contribution in [1.82, 2.24) is 24.6 Å². The molecule has 2 aromatic heterocycles. The molecule has 1 N–H and O–H groups in total. The lowest BCUT2D eigenvalue weighted by atomic mass is 9.99. The van der Waals surface area contributed by atoms with Crippen LogP contribution in [-0.4, -0.2) is 48.9 Å². The van der Waals surface area contributed by atoms with Gasteiger partial charge in [-0.25, -0.2) is 9.67 Å². The van der Waals surface area contributed by atoms with Crippen molar-refractivity contribution >= 4 is 10.9 Å². The van der Waals surface area contributed by atoms with E-state index >= 15 is 0 Å². The van der Waals surface area contributed by atoms with Gasteiger partial charge in [-0.3, -0.25) is 9.88 Å². The van der Waals surface area contributed by atoms with Gasteiger partial charge in [0, 0.05) is 36.6 Å². The highest BCUT2D eigenvalue weighted by molar-refractivity contribution is 5.78. The van der Waals surface area contributed by atoms with E-state index in [0.29, 0.717) is 6.54 Å². The molecule has 0 saturated carbocycles. The summed E-state index contributed by atoms with van der Waals surface area (Å²) in [6.45, 7) is 5.13. The molecule has 0 bridgehead atoms. The van der Waals surface area contributed by atoms with Crippen LogP contribution in [0.4, 0.5) is 0 Å². The van der Waals surface area contributed by atoms with Crippen molar-refractivity contribution in [2.24, 2.45) is 5.92 Å². The molecule has 4 rings (SSSR count). The Bertz CT molecular complexity index is 862. The Morgan fingerprint density at radius 3 is 2.92 bits per heavy atom. The van der Waals surface area contributed by atoms with E-state index in [0.717, 1.165) is 48.5 Å². The maximum Gasteiger partial charge on any atom is 0.140 e. The summed E-state index contributed by atoms with van der Waals surface area (Å²) in [7, 11) is 0. The van der Waals surface area contributed by atoms with E-state index in [1.165, 1.54) is 0 Å². The fourth-order valence-electron chi connectivity index (χ4n) is 3.64. The Labute approximate surface area is 147 Å². The van der Waals surface area contributed by atoms with Crippen LogP contribution in [0.5, 0.6) is 0 Å². The molecule has 0 spiro atoms. The second kappa shape index (κ2) is 6.90. The molecule has 6 heteroatoms. The number of para-hydroxylation sites is 1. The summed E-state index contributed by atoms with van der Waals surface area (Å²) >= 11 is 0. The van der Waals surface area contributed by atoms with Crippen LogP contribution in [0, 0.1) is 5.92 Å². The highest BCUT2D eigenvalue weighted by atomic mass is 16.3. The Morgan fingerprint density at radius 1 is 1.16 bits per heavy atom. The molecule has 0 amide bonds. The zero-order chi connectivity index (χ0) is 17.2. The van der Waals surface area contributed by atoms with E-state index in [1.54, 1.807) is 6.33 Å². The van der Waals surface area contributed by atoms with Crippen molar-refractivity contribution in [2.45, 2.75) is 32.5 Å². The Kier molecular flexibility index (Phi) is 4.46. The average molecular weight is 337 g/mol. The number of aliphatic hydroxyl groups is 1. The summed E-state index contributed by atoms with van der Waals surface area (Å²) in [4.78, 5) is 11.3. The van der Waals surface area contributed by atoms with Crippen molar-refractivity contribution in [2.75, 3.05) is 13.1 Å². The number of β-amino-alcohol motifs (C(OH)–C–C–N with tert-alkyl or cyclic N) is 1. The first kappa shape index (κ1) is 16.2. The van der Waals surface area contributed by atoms with Gasteiger partial charge < -0.3 is 5.11 Å². The number of pyridine rings is 1. The molecule has 1 aliphatic rings. The second-order valence-corrected chi connectivity index (χ2v) is 6.71. The highest BCUT2D eigenvalue weighted by Gasteiger charge is 2.32. The zero-order valence-corrected chi connectivity index (χ0v) is 14.4. The quantitative estimate of drug-likeness (QED) is 0.770. The minimum Gasteiger partial charge on any atom is -0.391 e. The van der Waals surface area contributed by atoms with Gasteiger partial charge in [0.1, 0.15) is 12.2 Å². The Balaban J connectivity index is 1.44. The van der Waals surface area contributed by atoms with Crippen molar-refractivity contribution in [1.29, 1.82) is 0 Å². The minimum absolute atomic E-state index is 0.201. The van der Waals surface area contributed by atoms with E-state index in [-0.39, 0.29) is 12.0 Å². The molecule has 3 aromatic rings. The molecule has 130 valence electrons. The number of aliphatic hydroxyl groups excluding tert-OH is 1. The monoisotopic (exact) mass is 337 g/mol. The molecule has 25 heavy (non-hydrogen) atoms. The van der Waals surface area contributed by atoms with Crippen molar-refractivity contribution in [3.63, 3.8) is 0 Å². The lowest BCUT2D eigenvalue weighted by Gasteiger charge is -2.15. The van der Waals surface area contributed by atoms with E-state index in [2.05, 4.69) is 40.1 Å². The van der Waals surface area contributed by atoms with Crippen LogP contribution >= 0.6 is 0 Å². The van der Waals surface area contributed by atoms with Gasteiger partial charge in [-0.2, -0.15) is 5.10 Å². The van der Waals surface area contributed by atoms with Gasteiger partial charge in [0.25, 0.3) is 0 Å². The zero-order valence-electron chi connectivity index (χ0n) is 14.4. The van der Waals surface area contributed by atoms with Crippen LogP contribution in [-0.2, 0) is 19.5 Å². The molecule has 0 aliphatic carbocycles. The predicted molar refractivity (Wildman–Crippen MR) is 95.9 cm³/mol. The number of fused-ring (bicyclic) bond motifs is 1. The topological polar surface area (TPSA) is 67.1 Å². The van der Waals surface area contributed by atoms with Gasteiger partial charge in [0.15, 0.2) is 0 Å². The first-order chi connectivity index (χ1) is 12.2. The lowest BCUT2D eigenvalue weighted by Crippen LogP contribution is -2.23. The maximum atomic E-state index is 10.5. The number of aryl methyl sites for hydroxylation is 1. The van der Waals surface area contributed by atoms with Crippen LogP contribution in [0.25, 0.3) is 10.9 Å².